The fourth-order valence-electron chi connectivity index (χ4n) is 3.12. The van der Waals surface area contributed by atoms with Crippen molar-refractivity contribution < 1.29 is 23.6 Å². The standard InChI is InChI=1S/C22H24FN3O4/c1-2-29-21(27)13-24-22(28)26(14-16-8-4-3-5-9-16)15-17-12-20(25-30-17)18-10-6-7-11-19(18)23/h3-11,17H,2,12-15H2,1H3,(H,24,28)/t17-/m1/s1. The molecule has 7 nitrogen and oxygen atoms in total. The van der Waals surface area contributed by atoms with Gasteiger partial charge in [0.25, 0.3) is 0 Å². The lowest BCUT2D eigenvalue weighted by Crippen LogP contribution is -2.45. The van der Waals surface area contributed by atoms with Crippen LogP contribution in [0.3, 0.4) is 0 Å². The van der Waals surface area contributed by atoms with Gasteiger partial charge in [-0.2, -0.15) is 0 Å². The number of nitrogens with zero attached hydrogens (tertiary/aromatic N) is 2. The molecule has 158 valence electrons. The number of hydrogen-bond acceptors (Lipinski definition) is 5. The molecule has 0 aliphatic carbocycles. The Morgan fingerprint density at radius 1 is 1.20 bits per heavy atom. The molecule has 1 heterocycles. The van der Waals surface area contributed by atoms with Gasteiger partial charge in [0.2, 0.25) is 0 Å². The van der Waals surface area contributed by atoms with Gasteiger partial charge in [-0.3, -0.25) is 4.79 Å². The van der Waals surface area contributed by atoms with E-state index in [1.54, 1.807) is 30.0 Å². The van der Waals surface area contributed by atoms with Crippen LogP contribution >= 0.6 is 0 Å². The normalized spacial score (nSPS) is 15.1. The van der Waals surface area contributed by atoms with Crippen LogP contribution in [0.1, 0.15) is 24.5 Å². The van der Waals surface area contributed by atoms with E-state index < -0.39 is 18.1 Å². The Labute approximate surface area is 174 Å². The summed E-state index contributed by atoms with van der Waals surface area (Å²) in [6.07, 6.45) is -0.0474. The fourth-order valence-corrected chi connectivity index (χ4v) is 3.12. The van der Waals surface area contributed by atoms with E-state index in [0.717, 1.165) is 5.56 Å². The number of esters is 1. The molecule has 0 fully saturated rings. The van der Waals surface area contributed by atoms with Crippen molar-refractivity contribution in [3.63, 3.8) is 0 Å². The van der Waals surface area contributed by atoms with Gasteiger partial charge in [0, 0.05) is 18.5 Å². The molecule has 0 bridgehead atoms. The van der Waals surface area contributed by atoms with E-state index in [0.29, 0.717) is 24.2 Å². The lowest BCUT2D eigenvalue weighted by Gasteiger charge is -2.25. The van der Waals surface area contributed by atoms with E-state index in [9.17, 15) is 14.0 Å². The van der Waals surface area contributed by atoms with E-state index in [2.05, 4.69) is 10.5 Å². The highest BCUT2D eigenvalue weighted by atomic mass is 19.1. The number of amides is 2. The summed E-state index contributed by atoms with van der Waals surface area (Å²) in [6.45, 7) is 2.27. The topological polar surface area (TPSA) is 80.2 Å². The first-order chi connectivity index (χ1) is 14.6. The van der Waals surface area contributed by atoms with E-state index >= 15 is 0 Å². The zero-order valence-electron chi connectivity index (χ0n) is 16.7. The summed E-state index contributed by atoms with van der Waals surface area (Å²) in [5.41, 5.74) is 1.82. The molecule has 3 rings (SSSR count). The number of hydrogen-bond donors (Lipinski definition) is 1. The number of halogens is 1. The van der Waals surface area contributed by atoms with Gasteiger partial charge in [-0.1, -0.05) is 53.7 Å². The van der Waals surface area contributed by atoms with Crippen LogP contribution in [-0.4, -0.2) is 48.4 Å². The largest absolute Gasteiger partial charge is 0.465 e. The molecule has 0 saturated carbocycles. The van der Waals surface area contributed by atoms with Crippen molar-refractivity contribution in [2.24, 2.45) is 5.16 Å². The molecule has 2 aromatic carbocycles. The molecule has 0 spiro atoms. The van der Waals surface area contributed by atoms with Gasteiger partial charge in [0.05, 0.1) is 18.9 Å². The highest BCUT2D eigenvalue weighted by molar-refractivity contribution is 6.01. The Bertz CT molecular complexity index is 904. The Kier molecular flexibility index (Phi) is 7.37. The number of carbonyl (C=O) groups excluding carboxylic acids is 2. The summed E-state index contributed by atoms with van der Waals surface area (Å²) in [4.78, 5) is 31.3. The lowest BCUT2D eigenvalue weighted by molar-refractivity contribution is -0.141. The summed E-state index contributed by atoms with van der Waals surface area (Å²) in [6, 6.07) is 15.4. The molecule has 2 amide bonds. The van der Waals surface area contributed by atoms with Gasteiger partial charge in [0.15, 0.2) is 6.10 Å². The average Bonchev–Trinajstić information content (AvgIpc) is 3.21. The molecule has 1 aliphatic heterocycles. The first-order valence-corrected chi connectivity index (χ1v) is 9.76. The average molecular weight is 413 g/mol. The third kappa shape index (κ3) is 5.79. The van der Waals surface area contributed by atoms with Gasteiger partial charge in [-0.25, -0.2) is 9.18 Å². The quantitative estimate of drug-likeness (QED) is 0.675. The predicted octanol–water partition coefficient (Wildman–Crippen LogP) is 3.09. The maximum atomic E-state index is 14.0. The van der Waals surface area contributed by atoms with Crippen molar-refractivity contribution in [2.75, 3.05) is 19.7 Å². The third-order valence-electron chi connectivity index (χ3n) is 4.53. The molecule has 1 atom stereocenters. The summed E-state index contributed by atoms with van der Waals surface area (Å²) < 4.78 is 18.9. The maximum absolute atomic E-state index is 14.0. The van der Waals surface area contributed by atoms with Crippen molar-refractivity contribution >= 4 is 17.7 Å². The molecular formula is C22H24FN3O4. The Hall–Kier alpha value is -3.42. The van der Waals surface area contributed by atoms with Gasteiger partial charge < -0.3 is 19.8 Å². The van der Waals surface area contributed by atoms with E-state index in [1.165, 1.54) is 6.07 Å². The molecule has 0 unspecified atom stereocenters. The molecule has 1 N–H and O–H groups in total. The van der Waals surface area contributed by atoms with E-state index in [4.69, 9.17) is 9.57 Å². The maximum Gasteiger partial charge on any atom is 0.325 e. The van der Waals surface area contributed by atoms with Crippen LogP contribution in [0, 0.1) is 5.82 Å². The van der Waals surface area contributed by atoms with Crippen LogP contribution in [0.2, 0.25) is 0 Å². The van der Waals surface area contributed by atoms with E-state index in [-0.39, 0.29) is 25.5 Å². The second-order valence-electron chi connectivity index (χ2n) is 6.78. The van der Waals surface area contributed by atoms with Crippen molar-refractivity contribution in [3.05, 3.63) is 71.5 Å². The zero-order valence-corrected chi connectivity index (χ0v) is 16.7. The first-order valence-electron chi connectivity index (χ1n) is 9.76. The van der Waals surface area contributed by atoms with Crippen LogP contribution in [-0.2, 0) is 20.9 Å². The van der Waals surface area contributed by atoms with Gasteiger partial charge in [0.1, 0.15) is 12.4 Å². The third-order valence-corrected chi connectivity index (χ3v) is 4.53. The van der Waals surface area contributed by atoms with Crippen LogP contribution in [0.25, 0.3) is 0 Å². The lowest BCUT2D eigenvalue weighted by atomic mass is 10.0. The van der Waals surface area contributed by atoms with Gasteiger partial charge in [-0.05, 0) is 18.6 Å². The minimum atomic E-state index is -0.507. The minimum absolute atomic E-state index is 0.222. The summed E-state index contributed by atoms with van der Waals surface area (Å²) in [5, 5.41) is 6.58. The molecule has 0 radical (unpaired) electrons. The molecule has 8 heteroatoms. The molecule has 0 saturated heterocycles. The van der Waals surface area contributed by atoms with Crippen LogP contribution in [0.15, 0.2) is 59.8 Å². The Balaban J connectivity index is 1.64. The monoisotopic (exact) mass is 413 g/mol. The highest BCUT2D eigenvalue weighted by Crippen LogP contribution is 2.20. The van der Waals surface area contributed by atoms with Gasteiger partial charge in [-0.15, -0.1) is 0 Å². The summed E-state index contributed by atoms with van der Waals surface area (Å²) in [7, 11) is 0. The first kappa shape index (κ1) is 21.3. The fraction of sp³-hybridized carbons (Fsp3) is 0.318. The summed E-state index contributed by atoms with van der Waals surface area (Å²) in [5.74, 6) is -0.873. The number of oxime groups is 1. The summed E-state index contributed by atoms with van der Waals surface area (Å²) >= 11 is 0. The second kappa shape index (κ2) is 10.4. The van der Waals surface area contributed by atoms with Gasteiger partial charge >= 0.3 is 12.0 Å². The molecule has 30 heavy (non-hydrogen) atoms. The van der Waals surface area contributed by atoms with Crippen molar-refractivity contribution in [1.82, 2.24) is 10.2 Å². The number of nitrogens with one attached hydrogen (secondary N) is 1. The molecule has 2 aromatic rings. The van der Waals surface area contributed by atoms with Crippen LogP contribution in [0.5, 0.6) is 0 Å². The number of carbonyl (C=O) groups is 2. The molecular weight excluding hydrogens is 389 g/mol. The molecule has 0 aromatic heterocycles. The number of rotatable bonds is 8. The van der Waals surface area contributed by atoms with Crippen LogP contribution in [0.4, 0.5) is 9.18 Å². The Morgan fingerprint density at radius 2 is 1.93 bits per heavy atom. The molecule has 1 aliphatic rings. The SMILES string of the molecule is CCOC(=O)CNC(=O)N(Cc1ccccc1)C[C@H]1CC(c2ccccc2F)=NO1. The number of benzene rings is 2. The number of urea groups is 1. The zero-order chi connectivity index (χ0) is 21.3. The van der Waals surface area contributed by atoms with Crippen molar-refractivity contribution in [1.29, 1.82) is 0 Å². The van der Waals surface area contributed by atoms with Crippen molar-refractivity contribution in [2.45, 2.75) is 26.0 Å². The Morgan fingerprint density at radius 3 is 2.67 bits per heavy atom. The number of ether oxygens (including phenoxy) is 1. The second-order valence-corrected chi connectivity index (χ2v) is 6.78. The highest BCUT2D eigenvalue weighted by Gasteiger charge is 2.28. The predicted molar refractivity (Wildman–Crippen MR) is 109 cm³/mol. The minimum Gasteiger partial charge on any atom is -0.465 e. The van der Waals surface area contributed by atoms with Crippen LogP contribution < -0.4 is 5.32 Å². The van der Waals surface area contributed by atoms with Crippen molar-refractivity contribution in [3.8, 4) is 0 Å². The van der Waals surface area contributed by atoms with E-state index in [1.807, 2.05) is 30.3 Å². The smallest absolute Gasteiger partial charge is 0.325 e.